The first kappa shape index (κ1) is 12.0. The molecule has 18 heavy (non-hydrogen) atoms. The van der Waals surface area contributed by atoms with Crippen LogP contribution in [0.2, 0.25) is 0 Å². The van der Waals surface area contributed by atoms with Gasteiger partial charge in [0.05, 0.1) is 0 Å². The van der Waals surface area contributed by atoms with Crippen molar-refractivity contribution in [3.8, 4) is 5.75 Å². The molecule has 98 valence electrons. The Balaban J connectivity index is 1.61. The molecule has 1 saturated carbocycles. The van der Waals surface area contributed by atoms with Gasteiger partial charge in [-0.3, -0.25) is 0 Å². The van der Waals surface area contributed by atoms with E-state index in [1.54, 1.807) is 0 Å². The molecule has 1 aliphatic carbocycles. The fourth-order valence-electron chi connectivity index (χ4n) is 3.59. The van der Waals surface area contributed by atoms with Crippen LogP contribution in [-0.2, 0) is 6.42 Å². The first-order chi connectivity index (χ1) is 8.86. The Bertz CT molecular complexity index is 379. The van der Waals surface area contributed by atoms with Crippen LogP contribution < -0.4 is 10.1 Å². The number of hydrogen-bond donors (Lipinski definition) is 1. The quantitative estimate of drug-likeness (QED) is 0.883. The second kappa shape index (κ2) is 5.31. The number of benzene rings is 1. The van der Waals surface area contributed by atoms with Crippen LogP contribution >= 0.6 is 0 Å². The van der Waals surface area contributed by atoms with Crippen LogP contribution in [0.25, 0.3) is 0 Å². The van der Waals surface area contributed by atoms with Crippen LogP contribution in [0.15, 0.2) is 24.3 Å². The van der Waals surface area contributed by atoms with Gasteiger partial charge >= 0.3 is 0 Å². The normalized spacial score (nSPS) is 30.8. The minimum absolute atomic E-state index is 0.404. The molecule has 3 unspecified atom stereocenters. The van der Waals surface area contributed by atoms with E-state index in [2.05, 4.69) is 36.6 Å². The number of rotatable bonds is 3. The molecule has 0 saturated heterocycles. The fraction of sp³-hybridized carbons (Fsp3) is 0.625. The van der Waals surface area contributed by atoms with Crippen LogP contribution in [0.5, 0.6) is 5.75 Å². The van der Waals surface area contributed by atoms with Crippen LogP contribution in [-0.4, -0.2) is 19.2 Å². The largest absolute Gasteiger partial charge is 0.490 e. The minimum atomic E-state index is 0.404. The molecule has 1 aromatic rings. The lowest BCUT2D eigenvalue weighted by Gasteiger charge is -2.32. The van der Waals surface area contributed by atoms with Gasteiger partial charge in [0.15, 0.2) is 0 Å². The van der Waals surface area contributed by atoms with E-state index in [0.717, 1.165) is 18.1 Å². The molecular weight excluding hydrogens is 222 g/mol. The van der Waals surface area contributed by atoms with Crippen molar-refractivity contribution in [3.63, 3.8) is 0 Å². The summed E-state index contributed by atoms with van der Waals surface area (Å²) >= 11 is 0. The van der Waals surface area contributed by atoms with Crippen molar-refractivity contribution in [1.29, 1.82) is 0 Å². The van der Waals surface area contributed by atoms with Gasteiger partial charge in [-0.1, -0.05) is 31.0 Å². The summed E-state index contributed by atoms with van der Waals surface area (Å²) in [5.74, 6) is 1.90. The lowest BCUT2D eigenvalue weighted by atomic mass is 9.81. The van der Waals surface area contributed by atoms with E-state index in [0.29, 0.717) is 12.1 Å². The molecule has 0 amide bonds. The van der Waals surface area contributed by atoms with Crippen LogP contribution in [0.4, 0.5) is 0 Å². The van der Waals surface area contributed by atoms with E-state index in [-0.39, 0.29) is 0 Å². The molecule has 1 aromatic carbocycles. The van der Waals surface area contributed by atoms with Gasteiger partial charge in [-0.2, -0.15) is 0 Å². The topological polar surface area (TPSA) is 21.3 Å². The molecule has 0 radical (unpaired) electrons. The summed E-state index contributed by atoms with van der Waals surface area (Å²) in [5.41, 5.74) is 1.39. The number of para-hydroxylation sites is 1. The highest BCUT2D eigenvalue weighted by atomic mass is 16.5. The zero-order chi connectivity index (χ0) is 12.4. The van der Waals surface area contributed by atoms with E-state index in [1.165, 1.54) is 37.7 Å². The molecule has 2 heteroatoms. The highest BCUT2D eigenvalue weighted by Crippen LogP contribution is 2.34. The Morgan fingerprint density at radius 2 is 2.06 bits per heavy atom. The summed E-state index contributed by atoms with van der Waals surface area (Å²) in [4.78, 5) is 0. The number of ether oxygens (including phenoxy) is 1. The standard InChI is InChI=1S/C16H23NO/c1-17-15-8-4-2-6-12(15)10-14-11-13-7-3-5-9-16(13)18-14/h3,5,7,9,12,14-15,17H,2,4,6,8,10-11H2,1H3. The van der Waals surface area contributed by atoms with Crippen molar-refractivity contribution in [2.24, 2.45) is 5.92 Å². The third-order valence-electron chi connectivity index (χ3n) is 4.56. The Kier molecular flexibility index (Phi) is 3.55. The molecule has 2 nitrogen and oxygen atoms in total. The van der Waals surface area contributed by atoms with Crippen molar-refractivity contribution in [2.45, 2.75) is 50.7 Å². The predicted molar refractivity (Wildman–Crippen MR) is 74.0 cm³/mol. The van der Waals surface area contributed by atoms with Gasteiger partial charge in [-0.25, -0.2) is 0 Å². The molecular formula is C16H23NO. The van der Waals surface area contributed by atoms with Crippen molar-refractivity contribution in [1.82, 2.24) is 5.32 Å². The average Bonchev–Trinajstić information content (AvgIpc) is 2.81. The Morgan fingerprint density at radius 3 is 2.89 bits per heavy atom. The van der Waals surface area contributed by atoms with Crippen LogP contribution in [0.3, 0.4) is 0 Å². The second-order valence-electron chi connectivity index (χ2n) is 5.73. The van der Waals surface area contributed by atoms with Gasteiger partial charge in [0.25, 0.3) is 0 Å². The Hall–Kier alpha value is -1.02. The molecule has 3 rings (SSSR count). The van der Waals surface area contributed by atoms with E-state index in [4.69, 9.17) is 4.74 Å². The molecule has 1 aliphatic heterocycles. The third-order valence-corrected chi connectivity index (χ3v) is 4.56. The van der Waals surface area contributed by atoms with E-state index in [1.807, 2.05) is 0 Å². The summed E-state index contributed by atoms with van der Waals surface area (Å²) < 4.78 is 6.07. The predicted octanol–water partition coefficient (Wildman–Crippen LogP) is 3.16. The summed E-state index contributed by atoms with van der Waals surface area (Å²) in [6.45, 7) is 0. The van der Waals surface area contributed by atoms with Gasteiger partial charge in [0.2, 0.25) is 0 Å². The van der Waals surface area contributed by atoms with Crippen molar-refractivity contribution < 1.29 is 4.74 Å². The van der Waals surface area contributed by atoms with E-state index >= 15 is 0 Å². The maximum absolute atomic E-state index is 6.07. The summed E-state index contributed by atoms with van der Waals surface area (Å²) in [7, 11) is 2.10. The highest BCUT2D eigenvalue weighted by Gasteiger charge is 2.30. The SMILES string of the molecule is CNC1CCCCC1CC1Cc2ccccc2O1. The smallest absolute Gasteiger partial charge is 0.123 e. The molecule has 2 aliphatic rings. The fourth-order valence-corrected chi connectivity index (χ4v) is 3.59. The first-order valence-corrected chi connectivity index (χ1v) is 7.28. The highest BCUT2D eigenvalue weighted by molar-refractivity contribution is 5.37. The lowest BCUT2D eigenvalue weighted by molar-refractivity contribution is 0.155. The summed E-state index contributed by atoms with van der Waals surface area (Å²) in [6.07, 6.45) is 8.18. The Labute approximate surface area is 110 Å². The number of nitrogens with one attached hydrogen (secondary N) is 1. The van der Waals surface area contributed by atoms with Gasteiger partial charge in [0, 0.05) is 12.5 Å². The van der Waals surface area contributed by atoms with Crippen molar-refractivity contribution in [2.75, 3.05) is 7.05 Å². The molecule has 1 N–H and O–H groups in total. The second-order valence-corrected chi connectivity index (χ2v) is 5.73. The maximum Gasteiger partial charge on any atom is 0.123 e. The van der Waals surface area contributed by atoms with Crippen LogP contribution in [0.1, 0.15) is 37.7 Å². The summed E-state index contributed by atoms with van der Waals surface area (Å²) in [5, 5.41) is 3.49. The molecule has 0 aromatic heterocycles. The van der Waals surface area contributed by atoms with E-state index in [9.17, 15) is 0 Å². The molecule has 3 atom stereocenters. The van der Waals surface area contributed by atoms with Gasteiger partial charge < -0.3 is 10.1 Å². The maximum atomic E-state index is 6.07. The van der Waals surface area contributed by atoms with Crippen molar-refractivity contribution >= 4 is 0 Å². The number of fused-ring (bicyclic) bond motifs is 1. The Morgan fingerprint density at radius 1 is 1.22 bits per heavy atom. The molecule has 1 fully saturated rings. The van der Waals surface area contributed by atoms with E-state index < -0.39 is 0 Å². The van der Waals surface area contributed by atoms with Crippen LogP contribution in [0, 0.1) is 5.92 Å². The lowest BCUT2D eigenvalue weighted by Crippen LogP contribution is -2.38. The zero-order valence-electron chi connectivity index (χ0n) is 11.2. The molecule has 0 bridgehead atoms. The van der Waals surface area contributed by atoms with Gasteiger partial charge in [-0.05, 0) is 43.9 Å². The van der Waals surface area contributed by atoms with Gasteiger partial charge in [0.1, 0.15) is 11.9 Å². The monoisotopic (exact) mass is 245 g/mol. The third kappa shape index (κ3) is 2.39. The van der Waals surface area contributed by atoms with Crippen molar-refractivity contribution in [3.05, 3.63) is 29.8 Å². The molecule has 0 spiro atoms. The molecule has 1 heterocycles. The first-order valence-electron chi connectivity index (χ1n) is 7.28. The average molecular weight is 245 g/mol. The number of hydrogen-bond acceptors (Lipinski definition) is 2. The zero-order valence-corrected chi connectivity index (χ0v) is 11.2. The van der Waals surface area contributed by atoms with Gasteiger partial charge in [-0.15, -0.1) is 0 Å². The summed E-state index contributed by atoms with van der Waals surface area (Å²) in [6, 6.07) is 9.18. The minimum Gasteiger partial charge on any atom is -0.490 e.